The van der Waals surface area contributed by atoms with E-state index >= 15 is 0 Å². The molecule has 0 bridgehead atoms. The Morgan fingerprint density at radius 3 is 2.48 bits per heavy atom. The Balaban J connectivity index is 1.62. The second-order valence-corrected chi connectivity index (χ2v) is 8.04. The van der Waals surface area contributed by atoms with Crippen LogP contribution in [0.25, 0.3) is 0 Å². The predicted molar refractivity (Wildman–Crippen MR) is 103 cm³/mol. The molecule has 0 radical (unpaired) electrons. The van der Waals surface area contributed by atoms with Crippen LogP contribution in [-0.2, 0) is 4.79 Å². The van der Waals surface area contributed by atoms with Crippen LogP contribution in [0.5, 0.6) is 0 Å². The van der Waals surface area contributed by atoms with Gasteiger partial charge in [-0.2, -0.15) is 0 Å². The smallest absolute Gasteiger partial charge is 0.279 e. The molecule has 3 N–H and O–H groups in total. The van der Waals surface area contributed by atoms with E-state index in [0.717, 1.165) is 46.7 Å². The summed E-state index contributed by atoms with van der Waals surface area (Å²) in [6.45, 7) is 4.91. The minimum Gasteiger partial charge on any atom is -0.328 e. The van der Waals surface area contributed by atoms with Crippen molar-refractivity contribution in [1.82, 2.24) is 0 Å². The van der Waals surface area contributed by atoms with Crippen LogP contribution in [0.1, 0.15) is 0 Å². The molecule has 3 rings (SSSR count). The van der Waals surface area contributed by atoms with E-state index in [1.807, 2.05) is 48.5 Å². The maximum atomic E-state index is 12.4. The molecule has 0 atom stereocenters. The Bertz CT molecular complexity index is 715. The molecule has 0 aromatic heterocycles. The first-order chi connectivity index (χ1) is 12.1. The van der Waals surface area contributed by atoms with Crippen LogP contribution >= 0.6 is 23.4 Å². The van der Waals surface area contributed by atoms with E-state index in [9.17, 15) is 4.79 Å². The molecule has 1 heterocycles. The van der Waals surface area contributed by atoms with Crippen molar-refractivity contribution in [3.8, 4) is 0 Å². The molecular formula is C19H24ClN3OS+2. The lowest BCUT2D eigenvalue weighted by Gasteiger charge is -2.26. The Morgan fingerprint density at radius 2 is 1.76 bits per heavy atom. The molecule has 0 saturated carbocycles. The molecule has 0 spiro atoms. The summed E-state index contributed by atoms with van der Waals surface area (Å²) in [5.41, 5.74) is 0.867. The standard InChI is InChI=1S/C19H22ClN3OS/c1-22-10-12-23(13-11-22)14-19(24)21-17-4-2-3-5-18(17)25-16-8-6-15(20)7-9-16/h2-9H,10-14H2,1H3,(H,21,24)/p+2. The van der Waals surface area contributed by atoms with Gasteiger partial charge in [-0.1, -0.05) is 35.5 Å². The number of hydrogen-bond donors (Lipinski definition) is 3. The summed E-state index contributed by atoms with van der Waals surface area (Å²) in [5, 5.41) is 3.81. The summed E-state index contributed by atoms with van der Waals surface area (Å²) in [7, 11) is 2.21. The van der Waals surface area contributed by atoms with Crippen LogP contribution in [0.2, 0.25) is 5.02 Å². The molecule has 2 aromatic rings. The minimum absolute atomic E-state index is 0.0821. The van der Waals surface area contributed by atoms with E-state index in [4.69, 9.17) is 11.6 Å². The van der Waals surface area contributed by atoms with Crippen molar-refractivity contribution in [2.45, 2.75) is 9.79 Å². The number of anilines is 1. The summed E-state index contributed by atoms with van der Waals surface area (Å²) in [5.74, 6) is 0.0821. The zero-order valence-corrected chi connectivity index (χ0v) is 15.9. The van der Waals surface area contributed by atoms with Gasteiger partial charge in [0.15, 0.2) is 6.54 Å². The normalized spacial score (nSPS) is 20.2. The lowest BCUT2D eigenvalue weighted by molar-refractivity contribution is -0.999. The Hall–Kier alpha value is -1.53. The van der Waals surface area contributed by atoms with Crippen molar-refractivity contribution < 1.29 is 14.6 Å². The minimum atomic E-state index is 0.0821. The number of likely N-dealkylation sites (N-methyl/N-ethyl adjacent to an activating group) is 1. The van der Waals surface area contributed by atoms with Crippen molar-refractivity contribution in [3.05, 3.63) is 53.6 Å². The molecule has 2 aromatic carbocycles. The van der Waals surface area contributed by atoms with Crippen LogP contribution in [0.15, 0.2) is 58.3 Å². The second-order valence-electron chi connectivity index (χ2n) is 6.48. The quantitative estimate of drug-likeness (QED) is 0.722. The van der Waals surface area contributed by atoms with Gasteiger partial charge in [0.05, 0.1) is 12.7 Å². The lowest BCUT2D eigenvalue weighted by Crippen LogP contribution is -3.27. The van der Waals surface area contributed by atoms with Gasteiger partial charge in [0.2, 0.25) is 0 Å². The van der Waals surface area contributed by atoms with Gasteiger partial charge in [0.25, 0.3) is 5.91 Å². The first kappa shape index (κ1) is 18.3. The average Bonchev–Trinajstić information content (AvgIpc) is 2.61. The van der Waals surface area contributed by atoms with Gasteiger partial charge in [-0.25, -0.2) is 0 Å². The number of halogens is 1. The SMILES string of the molecule is C[NH+]1CC[NH+](CC(=O)Nc2ccccc2Sc2ccc(Cl)cc2)CC1. The van der Waals surface area contributed by atoms with Crippen LogP contribution in [0.3, 0.4) is 0 Å². The zero-order chi connectivity index (χ0) is 17.6. The van der Waals surface area contributed by atoms with Crippen LogP contribution < -0.4 is 15.1 Å². The molecule has 1 aliphatic rings. The molecule has 6 heteroatoms. The number of rotatable bonds is 5. The highest BCUT2D eigenvalue weighted by molar-refractivity contribution is 7.99. The number of benzene rings is 2. The molecule has 25 heavy (non-hydrogen) atoms. The number of quaternary nitrogens is 2. The maximum Gasteiger partial charge on any atom is 0.279 e. The fourth-order valence-corrected chi connectivity index (χ4v) is 3.94. The fraction of sp³-hybridized carbons (Fsp3) is 0.316. The fourth-order valence-electron chi connectivity index (χ4n) is 2.92. The van der Waals surface area contributed by atoms with Gasteiger partial charge >= 0.3 is 0 Å². The average molecular weight is 378 g/mol. The Labute approximate surface area is 158 Å². The molecule has 132 valence electrons. The van der Waals surface area contributed by atoms with E-state index in [-0.39, 0.29) is 5.91 Å². The number of carbonyl (C=O) groups excluding carboxylic acids is 1. The van der Waals surface area contributed by atoms with E-state index in [1.54, 1.807) is 16.7 Å². The van der Waals surface area contributed by atoms with Gasteiger partial charge < -0.3 is 15.1 Å². The third-order valence-corrected chi connectivity index (χ3v) is 5.76. The third kappa shape index (κ3) is 5.47. The van der Waals surface area contributed by atoms with Gasteiger partial charge in [0, 0.05) is 14.8 Å². The highest BCUT2D eigenvalue weighted by Crippen LogP contribution is 2.33. The molecule has 0 unspecified atom stereocenters. The molecule has 4 nitrogen and oxygen atoms in total. The third-order valence-electron chi connectivity index (χ3n) is 4.42. The number of carbonyl (C=O) groups is 1. The zero-order valence-electron chi connectivity index (χ0n) is 14.3. The molecule has 1 saturated heterocycles. The summed E-state index contributed by atoms with van der Waals surface area (Å²) in [6, 6.07) is 15.7. The first-order valence-electron chi connectivity index (χ1n) is 8.57. The molecule has 1 fully saturated rings. The number of amides is 1. The largest absolute Gasteiger partial charge is 0.328 e. The monoisotopic (exact) mass is 377 g/mol. The van der Waals surface area contributed by atoms with Gasteiger partial charge in [0.1, 0.15) is 26.2 Å². The second kappa shape index (κ2) is 8.72. The molecular weight excluding hydrogens is 354 g/mol. The summed E-state index contributed by atoms with van der Waals surface area (Å²) < 4.78 is 0. The van der Waals surface area contributed by atoms with Crippen LogP contribution in [0.4, 0.5) is 5.69 Å². The topological polar surface area (TPSA) is 38.0 Å². The number of para-hydroxylation sites is 1. The van der Waals surface area contributed by atoms with Crippen molar-refractivity contribution in [2.75, 3.05) is 45.1 Å². The molecule has 1 amide bonds. The predicted octanol–water partition coefficient (Wildman–Crippen LogP) is 0.843. The summed E-state index contributed by atoms with van der Waals surface area (Å²) >= 11 is 7.57. The van der Waals surface area contributed by atoms with E-state index in [1.165, 1.54) is 4.90 Å². The number of nitrogens with one attached hydrogen (secondary N) is 3. The van der Waals surface area contributed by atoms with E-state index in [0.29, 0.717) is 6.54 Å². The lowest BCUT2D eigenvalue weighted by atomic mass is 10.3. The van der Waals surface area contributed by atoms with Crippen molar-refractivity contribution >= 4 is 35.0 Å². The van der Waals surface area contributed by atoms with Gasteiger partial charge in [-0.05, 0) is 36.4 Å². The van der Waals surface area contributed by atoms with Crippen molar-refractivity contribution in [2.24, 2.45) is 0 Å². The Kier molecular flexibility index (Phi) is 6.37. The van der Waals surface area contributed by atoms with Gasteiger partial charge in [-0.3, -0.25) is 4.79 Å². The number of hydrogen-bond acceptors (Lipinski definition) is 2. The van der Waals surface area contributed by atoms with Crippen molar-refractivity contribution in [1.29, 1.82) is 0 Å². The Morgan fingerprint density at radius 1 is 1.08 bits per heavy atom. The summed E-state index contributed by atoms with van der Waals surface area (Å²) in [4.78, 5) is 17.5. The van der Waals surface area contributed by atoms with E-state index in [2.05, 4.69) is 12.4 Å². The highest BCUT2D eigenvalue weighted by Gasteiger charge is 2.22. The summed E-state index contributed by atoms with van der Waals surface area (Å²) in [6.07, 6.45) is 0. The molecule has 0 aliphatic carbocycles. The maximum absolute atomic E-state index is 12.4. The van der Waals surface area contributed by atoms with Crippen LogP contribution in [0, 0.1) is 0 Å². The molecule has 1 aliphatic heterocycles. The van der Waals surface area contributed by atoms with E-state index < -0.39 is 0 Å². The van der Waals surface area contributed by atoms with Crippen molar-refractivity contribution in [3.63, 3.8) is 0 Å². The highest BCUT2D eigenvalue weighted by atomic mass is 35.5. The first-order valence-corrected chi connectivity index (χ1v) is 9.77. The van der Waals surface area contributed by atoms with Gasteiger partial charge in [-0.15, -0.1) is 0 Å². The van der Waals surface area contributed by atoms with Crippen LogP contribution in [-0.4, -0.2) is 45.7 Å². The number of piperazine rings is 1.